The number of halogens is 3. The van der Waals surface area contributed by atoms with Crippen LogP contribution in [-0.4, -0.2) is 21.5 Å². The van der Waals surface area contributed by atoms with Crippen molar-refractivity contribution in [1.29, 1.82) is 0 Å². The third-order valence-electron chi connectivity index (χ3n) is 2.32. The summed E-state index contributed by atoms with van der Waals surface area (Å²) in [4.78, 5) is 10.5. The molecule has 0 aliphatic rings. The average Bonchev–Trinajstić information content (AvgIpc) is 2.72. The van der Waals surface area contributed by atoms with Crippen molar-refractivity contribution in [1.82, 2.24) is 0 Å². The quantitative estimate of drug-likeness (QED) is 0.629. The van der Waals surface area contributed by atoms with Gasteiger partial charge in [-0.2, -0.15) is 0 Å². The molecule has 0 aliphatic heterocycles. The van der Waals surface area contributed by atoms with Crippen LogP contribution in [0, 0.1) is 11.6 Å². The second kappa shape index (κ2) is 4.69. The second-order valence-electron chi connectivity index (χ2n) is 3.43. The summed E-state index contributed by atoms with van der Waals surface area (Å²) in [5, 5.41) is -0.153. The van der Waals surface area contributed by atoms with E-state index in [1.54, 1.807) is 0 Å². The van der Waals surface area contributed by atoms with Gasteiger partial charge in [-0.05, 0) is 12.1 Å². The van der Waals surface area contributed by atoms with E-state index in [4.69, 9.17) is 10.7 Å². The molecule has 0 saturated carbocycles. The van der Waals surface area contributed by atoms with E-state index in [-0.39, 0.29) is 10.1 Å². The van der Waals surface area contributed by atoms with Crippen molar-refractivity contribution >= 4 is 47.1 Å². The Hall–Kier alpha value is -1.25. The molecule has 1 heterocycles. The Morgan fingerprint density at radius 1 is 1.37 bits per heavy atom. The maximum Gasteiger partial charge on any atom is 0.349 e. The highest BCUT2D eigenvalue weighted by Crippen LogP contribution is 2.38. The van der Waals surface area contributed by atoms with Gasteiger partial charge in [-0.15, -0.1) is 11.3 Å². The zero-order valence-corrected chi connectivity index (χ0v) is 11.6. The van der Waals surface area contributed by atoms with Gasteiger partial charge in [-0.1, -0.05) is 0 Å². The van der Waals surface area contributed by atoms with E-state index in [0.29, 0.717) is 11.3 Å². The van der Waals surface area contributed by atoms with E-state index < -0.39 is 36.4 Å². The number of rotatable bonds is 2. The third-order valence-corrected chi connectivity index (χ3v) is 5.00. The van der Waals surface area contributed by atoms with E-state index in [1.165, 1.54) is 0 Å². The fourth-order valence-electron chi connectivity index (χ4n) is 1.55. The van der Waals surface area contributed by atoms with Crippen LogP contribution in [0.4, 0.5) is 8.78 Å². The van der Waals surface area contributed by atoms with Crippen LogP contribution in [0.25, 0.3) is 10.1 Å². The highest BCUT2D eigenvalue weighted by molar-refractivity contribution is 8.14. The van der Waals surface area contributed by atoms with Gasteiger partial charge in [0.25, 0.3) is 9.05 Å². The normalized spacial score (nSPS) is 11.8. The van der Waals surface area contributed by atoms with Crippen molar-refractivity contribution in [2.45, 2.75) is 4.90 Å². The molecule has 0 N–H and O–H groups in total. The van der Waals surface area contributed by atoms with E-state index in [2.05, 4.69) is 4.74 Å². The number of hydrogen-bond acceptors (Lipinski definition) is 5. The smallest absolute Gasteiger partial charge is 0.349 e. The number of ether oxygens (including phenoxy) is 1. The molecule has 1 aromatic carbocycles. The maximum absolute atomic E-state index is 13.6. The molecule has 2 rings (SSSR count). The zero-order valence-electron chi connectivity index (χ0n) is 9.24. The van der Waals surface area contributed by atoms with Crippen molar-refractivity contribution in [3.63, 3.8) is 0 Å². The number of esters is 1. The predicted molar refractivity (Wildman–Crippen MR) is 66.1 cm³/mol. The van der Waals surface area contributed by atoms with Gasteiger partial charge in [-0.25, -0.2) is 22.0 Å². The lowest BCUT2D eigenvalue weighted by Gasteiger charge is -1.99. The van der Waals surface area contributed by atoms with Crippen molar-refractivity contribution in [2.75, 3.05) is 7.11 Å². The minimum absolute atomic E-state index is 0.153. The summed E-state index contributed by atoms with van der Waals surface area (Å²) >= 11 is 0.471. The zero-order chi connectivity index (χ0) is 14.4. The average molecular weight is 327 g/mol. The molecule has 102 valence electrons. The Morgan fingerprint density at radius 3 is 2.53 bits per heavy atom. The van der Waals surface area contributed by atoms with E-state index in [1.807, 2.05) is 0 Å². The van der Waals surface area contributed by atoms with Gasteiger partial charge < -0.3 is 4.74 Å². The molecule has 0 aliphatic carbocycles. The molecule has 0 saturated heterocycles. The molecule has 9 heteroatoms. The van der Waals surface area contributed by atoms with Crippen molar-refractivity contribution in [3.8, 4) is 0 Å². The van der Waals surface area contributed by atoms with Crippen LogP contribution < -0.4 is 0 Å². The molecular formula is C10H5ClF2O4S2. The van der Waals surface area contributed by atoms with Gasteiger partial charge in [0.15, 0.2) is 11.6 Å². The Balaban J connectivity index is 2.97. The molecule has 0 fully saturated rings. The lowest BCUT2D eigenvalue weighted by Crippen LogP contribution is -2.03. The summed E-state index contributed by atoms with van der Waals surface area (Å²) in [5.74, 6) is -3.37. The number of benzene rings is 1. The predicted octanol–water partition coefficient (Wildman–Crippen LogP) is 2.89. The molecule has 4 nitrogen and oxygen atoms in total. The number of carbonyl (C=O) groups excluding carboxylic acids is 1. The Bertz CT molecular complexity index is 782. The molecule has 0 radical (unpaired) electrons. The molecule has 0 atom stereocenters. The third kappa shape index (κ3) is 2.31. The Kier molecular flexibility index (Phi) is 3.50. The second-order valence-corrected chi connectivity index (χ2v) is 6.95. The molecule has 1 aromatic heterocycles. The van der Waals surface area contributed by atoms with Crippen LogP contribution in [0.5, 0.6) is 0 Å². The molecule has 0 amide bonds. The molecule has 0 spiro atoms. The molecule has 0 unspecified atom stereocenters. The van der Waals surface area contributed by atoms with Crippen LogP contribution in [0.2, 0.25) is 0 Å². The summed E-state index contributed by atoms with van der Waals surface area (Å²) in [7, 11) is 1.96. The molecule has 0 bridgehead atoms. The lowest BCUT2D eigenvalue weighted by molar-refractivity contribution is 0.0602. The van der Waals surface area contributed by atoms with Gasteiger partial charge in [0, 0.05) is 16.1 Å². The summed E-state index contributed by atoms with van der Waals surface area (Å²) in [5.41, 5.74) is 0. The number of methoxy groups -OCH3 is 1. The monoisotopic (exact) mass is 326 g/mol. The fraction of sp³-hybridized carbons (Fsp3) is 0.100. The van der Waals surface area contributed by atoms with Crippen molar-refractivity contribution in [2.24, 2.45) is 0 Å². The Labute approximate surface area is 115 Å². The highest BCUT2D eigenvalue weighted by Gasteiger charge is 2.29. The van der Waals surface area contributed by atoms with Gasteiger partial charge >= 0.3 is 5.97 Å². The van der Waals surface area contributed by atoms with Crippen LogP contribution in [0.15, 0.2) is 17.0 Å². The highest BCUT2D eigenvalue weighted by atomic mass is 35.7. The molecular weight excluding hydrogens is 322 g/mol. The van der Waals surface area contributed by atoms with Gasteiger partial charge in [0.2, 0.25) is 0 Å². The van der Waals surface area contributed by atoms with Crippen molar-refractivity contribution in [3.05, 3.63) is 28.6 Å². The minimum Gasteiger partial charge on any atom is -0.465 e. The van der Waals surface area contributed by atoms with Gasteiger partial charge in [0.05, 0.1) is 11.8 Å². The van der Waals surface area contributed by atoms with Crippen LogP contribution >= 0.6 is 22.0 Å². The lowest BCUT2D eigenvalue weighted by atomic mass is 10.2. The largest absolute Gasteiger partial charge is 0.465 e. The number of fused-ring (bicyclic) bond motifs is 1. The van der Waals surface area contributed by atoms with Crippen LogP contribution in [0.3, 0.4) is 0 Å². The molecule has 19 heavy (non-hydrogen) atoms. The van der Waals surface area contributed by atoms with Crippen LogP contribution in [0.1, 0.15) is 9.67 Å². The standard InChI is InChI=1S/C10H5ClF2O4S2/c1-17-10(14)8-9(19(11,15)16)4-2-3-5(12)6(13)7(4)18-8/h2-3H,1H3. The minimum atomic E-state index is -4.31. The first kappa shape index (κ1) is 14.2. The van der Waals surface area contributed by atoms with Gasteiger partial charge in [0.1, 0.15) is 9.77 Å². The summed E-state index contributed by atoms with van der Waals surface area (Å²) < 4.78 is 53.8. The van der Waals surface area contributed by atoms with Crippen molar-refractivity contribution < 1.29 is 26.7 Å². The summed E-state index contributed by atoms with van der Waals surface area (Å²) in [6.07, 6.45) is 0. The first-order valence-corrected chi connectivity index (χ1v) is 7.83. The summed E-state index contributed by atoms with van der Waals surface area (Å²) in [6, 6.07) is 1.81. The number of hydrogen-bond donors (Lipinski definition) is 0. The van der Waals surface area contributed by atoms with Gasteiger partial charge in [-0.3, -0.25) is 0 Å². The molecule has 2 aromatic rings. The SMILES string of the molecule is COC(=O)c1sc2c(F)c(F)ccc2c1S(=O)(=O)Cl. The van der Waals surface area contributed by atoms with E-state index in [0.717, 1.165) is 19.2 Å². The van der Waals surface area contributed by atoms with E-state index >= 15 is 0 Å². The number of carbonyl (C=O) groups is 1. The number of thiophene rings is 1. The van der Waals surface area contributed by atoms with E-state index in [9.17, 15) is 22.0 Å². The first-order valence-electron chi connectivity index (χ1n) is 4.71. The van der Waals surface area contributed by atoms with Crippen LogP contribution in [-0.2, 0) is 13.8 Å². The topological polar surface area (TPSA) is 60.4 Å². The fourth-order valence-corrected chi connectivity index (χ4v) is 4.47. The first-order chi connectivity index (χ1) is 8.77. The maximum atomic E-state index is 13.6. The Morgan fingerprint density at radius 2 is 2.00 bits per heavy atom. The summed E-state index contributed by atoms with van der Waals surface area (Å²) in [6.45, 7) is 0.